The van der Waals surface area contributed by atoms with Crippen molar-refractivity contribution in [2.45, 2.75) is 32.0 Å². The molecule has 33 heavy (non-hydrogen) atoms. The molecule has 0 aliphatic carbocycles. The molecule has 18 heteroatoms. The van der Waals surface area contributed by atoms with Crippen LogP contribution >= 0.6 is 22.9 Å². The number of anilines is 1. The van der Waals surface area contributed by atoms with Gasteiger partial charge in [-0.05, 0) is 13.8 Å². The fourth-order valence-corrected chi connectivity index (χ4v) is 3.99. The zero-order valence-electron chi connectivity index (χ0n) is 18.8. The standard InChI is InChI=1S/C15H18ClN5O9S2.Na.H/c1-6(2)30-20-9(7-5-31-15(17-7)18-8(22)4-16)12(23)19-10-11(14(25)29-3)21(13(10)24)32(26,27)28;;/h5-6,10-11H,4H2,1-3H3,(H,19,23)(H,17,18,22)(H,26,27,28);;/q;+1;-1/b20-9-;;. The Morgan fingerprint density at radius 2 is 2.06 bits per heavy atom. The van der Waals surface area contributed by atoms with Crippen LogP contribution in [0.1, 0.15) is 21.0 Å². The van der Waals surface area contributed by atoms with Crippen molar-refractivity contribution in [2.75, 3.05) is 18.3 Å². The van der Waals surface area contributed by atoms with Crippen molar-refractivity contribution in [3.8, 4) is 0 Å². The van der Waals surface area contributed by atoms with Crippen LogP contribution < -0.4 is 40.2 Å². The maximum Gasteiger partial charge on any atom is 1.00 e. The van der Waals surface area contributed by atoms with Crippen molar-refractivity contribution in [1.82, 2.24) is 14.6 Å². The molecular weight excluding hydrogens is 517 g/mol. The summed E-state index contributed by atoms with van der Waals surface area (Å²) in [5, 5.41) is 9.70. The molecule has 1 aromatic heterocycles. The average Bonchev–Trinajstić information content (AvgIpc) is 3.15. The van der Waals surface area contributed by atoms with E-state index in [0.29, 0.717) is 0 Å². The molecule has 0 radical (unpaired) electrons. The quantitative estimate of drug-likeness (QED) is 0.0537. The van der Waals surface area contributed by atoms with E-state index in [4.69, 9.17) is 21.0 Å². The number of nitrogens with one attached hydrogen (secondary N) is 2. The first-order valence-electron chi connectivity index (χ1n) is 8.65. The van der Waals surface area contributed by atoms with Gasteiger partial charge in [0.2, 0.25) is 5.91 Å². The van der Waals surface area contributed by atoms with Crippen LogP contribution in [0.4, 0.5) is 5.13 Å². The van der Waals surface area contributed by atoms with Gasteiger partial charge in [0, 0.05) is 5.38 Å². The summed E-state index contributed by atoms with van der Waals surface area (Å²) in [6.07, 6.45) is -0.449. The second kappa shape index (κ2) is 12.0. The molecule has 3 amide bonds. The summed E-state index contributed by atoms with van der Waals surface area (Å²) in [5.74, 6) is -4.37. The van der Waals surface area contributed by atoms with Crippen molar-refractivity contribution >= 4 is 67.8 Å². The van der Waals surface area contributed by atoms with Crippen LogP contribution in [-0.4, -0.2) is 82.8 Å². The zero-order valence-corrected chi connectivity index (χ0v) is 22.2. The van der Waals surface area contributed by atoms with Crippen molar-refractivity contribution in [3.05, 3.63) is 11.1 Å². The third kappa shape index (κ3) is 7.08. The van der Waals surface area contributed by atoms with Gasteiger partial charge in [-0.2, -0.15) is 12.7 Å². The Morgan fingerprint density at radius 3 is 2.58 bits per heavy atom. The molecule has 2 atom stereocenters. The molecule has 1 fully saturated rings. The summed E-state index contributed by atoms with van der Waals surface area (Å²) < 4.78 is 36.2. The van der Waals surface area contributed by atoms with E-state index in [9.17, 15) is 27.6 Å². The van der Waals surface area contributed by atoms with E-state index in [2.05, 4.69) is 25.5 Å². The molecule has 0 spiro atoms. The number of carbonyl (C=O) groups excluding carboxylic acids is 4. The molecule has 1 saturated heterocycles. The fourth-order valence-electron chi connectivity index (χ4n) is 2.38. The molecule has 0 aromatic carbocycles. The Kier molecular flexibility index (Phi) is 10.7. The molecule has 2 heterocycles. The van der Waals surface area contributed by atoms with E-state index in [-0.39, 0.29) is 52.0 Å². The number of rotatable bonds is 9. The Labute approximate surface area is 220 Å². The van der Waals surface area contributed by atoms with Gasteiger partial charge in [-0.25, -0.2) is 9.78 Å². The predicted octanol–water partition coefficient (Wildman–Crippen LogP) is -3.76. The van der Waals surface area contributed by atoms with E-state index in [1.807, 2.05) is 0 Å². The topological polar surface area (TPSA) is 194 Å². The van der Waals surface area contributed by atoms with Crippen molar-refractivity contribution in [2.24, 2.45) is 5.16 Å². The van der Waals surface area contributed by atoms with Crippen LogP contribution in [0, 0.1) is 0 Å². The average molecular weight is 536 g/mol. The number of ether oxygens (including phenoxy) is 1. The molecule has 0 bridgehead atoms. The number of esters is 1. The molecule has 14 nitrogen and oxygen atoms in total. The Bertz CT molecular complexity index is 1070. The molecular formula is C15H19ClN5NaO9S2. The van der Waals surface area contributed by atoms with Crippen molar-refractivity contribution in [1.29, 1.82) is 0 Å². The third-order valence-electron chi connectivity index (χ3n) is 3.71. The van der Waals surface area contributed by atoms with Crippen LogP contribution in [-0.2, 0) is 39.1 Å². The summed E-state index contributed by atoms with van der Waals surface area (Å²) >= 11 is 6.36. The van der Waals surface area contributed by atoms with Gasteiger partial charge >= 0.3 is 45.8 Å². The number of amides is 3. The van der Waals surface area contributed by atoms with Crippen LogP contribution in [0.15, 0.2) is 10.5 Å². The number of nitrogens with zero attached hydrogens (tertiary/aromatic N) is 3. The molecule has 2 rings (SSSR count). The minimum absolute atomic E-state index is 0. The van der Waals surface area contributed by atoms with Gasteiger partial charge in [-0.15, -0.1) is 22.9 Å². The minimum Gasteiger partial charge on any atom is -1.00 e. The van der Waals surface area contributed by atoms with Crippen LogP contribution in [0.3, 0.4) is 0 Å². The second-order valence-electron chi connectivity index (χ2n) is 6.34. The van der Waals surface area contributed by atoms with E-state index in [1.54, 1.807) is 13.8 Å². The van der Waals surface area contributed by atoms with Gasteiger partial charge in [-0.3, -0.25) is 18.9 Å². The van der Waals surface area contributed by atoms with E-state index in [1.165, 1.54) is 5.38 Å². The fraction of sp³-hybridized carbons (Fsp3) is 0.467. The zero-order chi connectivity index (χ0) is 24.2. The number of aromatic nitrogens is 1. The summed E-state index contributed by atoms with van der Waals surface area (Å²) in [7, 11) is -4.15. The van der Waals surface area contributed by atoms with Crippen LogP contribution in [0.2, 0.25) is 0 Å². The summed E-state index contributed by atoms with van der Waals surface area (Å²) in [4.78, 5) is 57.4. The second-order valence-corrected chi connectivity index (χ2v) is 8.76. The first-order valence-corrected chi connectivity index (χ1v) is 11.5. The number of hydrogen-bond acceptors (Lipinski definition) is 11. The third-order valence-corrected chi connectivity index (χ3v) is 5.62. The number of halogens is 1. The van der Waals surface area contributed by atoms with Crippen molar-refractivity contribution < 1.29 is 72.7 Å². The summed E-state index contributed by atoms with van der Waals surface area (Å²) in [5.41, 5.74) is -0.478. The molecule has 178 valence electrons. The van der Waals surface area contributed by atoms with Gasteiger partial charge < -0.3 is 21.6 Å². The number of methoxy groups -OCH3 is 1. The molecule has 2 unspecified atom stereocenters. The first kappa shape index (κ1) is 29.2. The predicted molar refractivity (Wildman–Crippen MR) is 111 cm³/mol. The number of carbonyl (C=O) groups is 4. The SMILES string of the molecule is COC(=O)C1C(NC(=O)/C(=N\OC(C)C)c2csc(NC(=O)CCl)n2)C(=O)N1S(=O)(=O)O.[H-].[Na+]. The maximum atomic E-state index is 12.8. The smallest absolute Gasteiger partial charge is 1.00 e. The molecule has 0 saturated carbocycles. The van der Waals surface area contributed by atoms with E-state index in [0.717, 1.165) is 18.4 Å². The first-order chi connectivity index (χ1) is 14.9. The molecule has 1 aromatic rings. The monoisotopic (exact) mass is 535 g/mol. The summed E-state index contributed by atoms with van der Waals surface area (Å²) in [6.45, 7) is 3.25. The van der Waals surface area contributed by atoms with Crippen molar-refractivity contribution in [3.63, 3.8) is 0 Å². The van der Waals surface area contributed by atoms with Gasteiger partial charge in [0.1, 0.15) is 23.7 Å². The largest absolute Gasteiger partial charge is 1.00 e. The molecule has 1 aliphatic rings. The van der Waals surface area contributed by atoms with E-state index >= 15 is 0 Å². The normalized spacial score (nSPS) is 18.2. The van der Waals surface area contributed by atoms with Gasteiger partial charge in [0.05, 0.1) is 7.11 Å². The minimum atomic E-state index is -5.08. The van der Waals surface area contributed by atoms with Crippen LogP contribution in [0.5, 0.6) is 0 Å². The Balaban J connectivity index is 0.00000544. The Morgan fingerprint density at radius 1 is 1.42 bits per heavy atom. The molecule has 3 N–H and O–H groups in total. The van der Waals surface area contributed by atoms with Gasteiger partial charge in [0.25, 0.3) is 11.8 Å². The number of hydrogen-bond donors (Lipinski definition) is 3. The maximum absolute atomic E-state index is 12.8. The van der Waals surface area contributed by atoms with Gasteiger partial charge in [0.15, 0.2) is 16.9 Å². The number of oxime groups is 1. The number of thiazole rings is 1. The Hall–Kier alpha value is -1.82. The summed E-state index contributed by atoms with van der Waals surface area (Å²) in [6, 6.07) is -3.50. The van der Waals surface area contributed by atoms with Crippen LogP contribution in [0.25, 0.3) is 0 Å². The number of alkyl halides is 1. The number of β-lactam (4-membered cyclic amide) rings is 1. The van der Waals surface area contributed by atoms with Gasteiger partial charge in [-0.1, -0.05) is 5.16 Å². The van der Waals surface area contributed by atoms with E-state index < -0.39 is 57.9 Å². The molecule has 1 aliphatic heterocycles.